The zero-order chi connectivity index (χ0) is 20.4. The number of phenols is 1. The van der Waals surface area contributed by atoms with E-state index < -0.39 is 0 Å². The van der Waals surface area contributed by atoms with E-state index in [0.717, 1.165) is 23.4 Å². The van der Waals surface area contributed by atoms with Gasteiger partial charge >= 0.3 is 0 Å². The Bertz CT molecular complexity index is 1050. The number of aromatic nitrogens is 2. The molecule has 0 fully saturated rings. The molecule has 7 nitrogen and oxygen atoms in total. The fourth-order valence-electron chi connectivity index (χ4n) is 3.70. The van der Waals surface area contributed by atoms with Crippen molar-refractivity contribution in [3.05, 3.63) is 69.6 Å². The third-order valence-electron chi connectivity index (χ3n) is 5.17. The summed E-state index contributed by atoms with van der Waals surface area (Å²) in [5.74, 6) is 1.79. The van der Waals surface area contributed by atoms with Gasteiger partial charge in [-0.2, -0.15) is 0 Å². The molecule has 0 spiro atoms. The lowest BCUT2D eigenvalue weighted by molar-refractivity contribution is 0.233. The molecule has 1 aliphatic heterocycles. The summed E-state index contributed by atoms with van der Waals surface area (Å²) in [6, 6.07) is 12.8. The summed E-state index contributed by atoms with van der Waals surface area (Å²) in [4.78, 5) is 22.5. The van der Waals surface area contributed by atoms with Gasteiger partial charge in [0.15, 0.2) is 0 Å². The van der Waals surface area contributed by atoms with Crippen LogP contribution in [0.4, 0.5) is 0 Å². The number of benzene rings is 2. The van der Waals surface area contributed by atoms with Gasteiger partial charge in [0.2, 0.25) is 0 Å². The molecule has 4 rings (SSSR count). The maximum atomic E-state index is 12.7. The van der Waals surface area contributed by atoms with Crippen molar-refractivity contribution >= 4 is 0 Å². The van der Waals surface area contributed by atoms with Crippen molar-refractivity contribution in [2.24, 2.45) is 0 Å². The van der Waals surface area contributed by atoms with Gasteiger partial charge in [0.25, 0.3) is 5.56 Å². The van der Waals surface area contributed by atoms with Crippen LogP contribution in [0.25, 0.3) is 11.4 Å². The number of rotatable bonds is 5. The van der Waals surface area contributed by atoms with Crippen molar-refractivity contribution in [2.75, 3.05) is 20.8 Å². The van der Waals surface area contributed by atoms with Crippen LogP contribution in [0.15, 0.2) is 47.3 Å². The summed E-state index contributed by atoms with van der Waals surface area (Å²) in [5.41, 5.74) is 3.15. The SMILES string of the molecule is COc1cc(O)cc(OC)c1CN1CCc2nc(-c3ccccc3)[nH]c(=O)c2C1. The van der Waals surface area contributed by atoms with E-state index in [-0.39, 0.29) is 11.3 Å². The van der Waals surface area contributed by atoms with Gasteiger partial charge in [0, 0.05) is 43.8 Å². The topological polar surface area (TPSA) is 87.7 Å². The Labute approximate surface area is 168 Å². The van der Waals surface area contributed by atoms with E-state index in [1.807, 2.05) is 30.3 Å². The van der Waals surface area contributed by atoms with E-state index in [1.165, 1.54) is 0 Å². The summed E-state index contributed by atoms with van der Waals surface area (Å²) in [6.07, 6.45) is 0.682. The number of phenolic OH excluding ortho intramolecular Hbond substituents is 1. The minimum atomic E-state index is -0.108. The summed E-state index contributed by atoms with van der Waals surface area (Å²) in [7, 11) is 3.12. The van der Waals surface area contributed by atoms with Gasteiger partial charge in [0.05, 0.1) is 31.0 Å². The van der Waals surface area contributed by atoms with Crippen LogP contribution < -0.4 is 15.0 Å². The Morgan fingerprint density at radius 3 is 2.48 bits per heavy atom. The second-order valence-electron chi connectivity index (χ2n) is 7.00. The predicted octanol–water partition coefficient (Wildman–Crippen LogP) is 2.72. The Balaban J connectivity index is 1.61. The van der Waals surface area contributed by atoms with Crippen molar-refractivity contribution < 1.29 is 14.6 Å². The smallest absolute Gasteiger partial charge is 0.255 e. The van der Waals surface area contributed by atoms with Crippen LogP contribution in [0.2, 0.25) is 0 Å². The Hall–Kier alpha value is -3.32. The van der Waals surface area contributed by atoms with Crippen molar-refractivity contribution in [2.45, 2.75) is 19.5 Å². The first-order valence-corrected chi connectivity index (χ1v) is 9.42. The van der Waals surface area contributed by atoms with Crippen molar-refractivity contribution in [3.8, 4) is 28.6 Å². The average Bonchev–Trinajstić information content (AvgIpc) is 2.75. The van der Waals surface area contributed by atoms with Gasteiger partial charge in [-0.3, -0.25) is 9.69 Å². The maximum absolute atomic E-state index is 12.7. The maximum Gasteiger partial charge on any atom is 0.255 e. The molecule has 0 amide bonds. The molecule has 3 aromatic rings. The van der Waals surface area contributed by atoms with Crippen LogP contribution in [0.5, 0.6) is 17.2 Å². The van der Waals surface area contributed by atoms with Crippen LogP contribution in [0.3, 0.4) is 0 Å². The molecule has 0 bridgehead atoms. The number of nitrogens with zero attached hydrogens (tertiary/aromatic N) is 2. The summed E-state index contributed by atoms with van der Waals surface area (Å²) < 4.78 is 10.8. The standard InChI is InChI=1S/C22H23N3O4/c1-28-19-10-15(26)11-20(29-2)17(19)13-25-9-8-18-16(12-25)22(27)24-21(23-18)14-6-4-3-5-7-14/h3-7,10-11,26H,8-9,12-13H2,1-2H3,(H,23,24,27). The molecular weight excluding hydrogens is 370 g/mol. The number of hydrogen-bond donors (Lipinski definition) is 2. The lowest BCUT2D eigenvalue weighted by Crippen LogP contribution is -2.35. The van der Waals surface area contributed by atoms with Crippen LogP contribution in [0.1, 0.15) is 16.8 Å². The molecule has 150 valence electrons. The molecule has 0 radical (unpaired) electrons. The Morgan fingerprint density at radius 1 is 1.14 bits per heavy atom. The van der Waals surface area contributed by atoms with Crippen molar-refractivity contribution in [3.63, 3.8) is 0 Å². The van der Waals surface area contributed by atoms with Gasteiger partial charge in [-0.25, -0.2) is 4.98 Å². The highest BCUT2D eigenvalue weighted by atomic mass is 16.5. The molecular formula is C22H23N3O4. The number of H-pyrrole nitrogens is 1. The van der Waals surface area contributed by atoms with Crippen molar-refractivity contribution in [1.29, 1.82) is 0 Å². The average molecular weight is 393 g/mol. The molecule has 29 heavy (non-hydrogen) atoms. The second kappa shape index (κ2) is 7.97. The number of methoxy groups -OCH3 is 2. The summed E-state index contributed by atoms with van der Waals surface area (Å²) in [6.45, 7) is 1.77. The number of fused-ring (bicyclic) bond motifs is 1. The highest BCUT2D eigenvalue weighted by Gasteiger charge is 2.24. The van der Waals surface area contributed by atoms with E-state index in [2.05, 4.69) is 9.88 Å². The summed E-state index contributed by atoms with van der Waals surface area (Å²) >= 11 is 0. The highest BCUT2D eigenvalue weighted by molar-refractivity contribution is 5.55. The van der Waals surface area contributed by atoms with Crippen LogP contribution >= 0.6 is 0 Å². The van der Waals surface area contributed by atoms with Crippen LogP contribution in [-0.2, 0) is 19.5 Å². The molecule has 0 saturated heterocycles. The Morgan fingerprint density at radius 2 is 1.83 bits per heavy atom. The molecule has 1 aromatic heterocycles. The monoisotopic (exact) mass is 393 g/mol. The minimum Gasteiger partial charge on any atom is -0.508 e. The molecule has 0 saturated carbocycles. The first-order valence-electron chi connectivity index (χ1n) is 9.42. The fourth-order valence-corrected chi connectivity index (χ4v) is 3.70. The van der Waals surface area contributed by atoms with Gasteiger partial charge in [-0.15, -0.1) is 0 Å². The lowest BCUT2D eigenvalue weighted by atomic mass is 10.0. The van der Waals surface area contributed by atoms with E-state index in [1.54, 1.807) is 26.4 Å². The molecule has 7 heteroatoms. The fraction of sp³-hybridized carbons (Fsp3) is 0.273. The zero-order valence-electron chi connectivity index (χ0n) is 16.4. The minimum absolute atomic E-state index is 0.0838. The third-order valence-corrected chi connectivity index (χ3v) is 5.17. The molecule has 0 atom stereocenters. The third kappa shape index (κ3) is 3.82. The highest BCUT2D eigenvalue weighted by Crippen LogP contribution is 2.35. The van der Waals surface area contributed by atoms with Gasteiger partial charge in [0.1, 0.15) is 23.1 Å². The van der Waals surface area contributed by atoms with Crippen LogP contribution in [-0.4, -0.2) is 40.7 Å². The normalized spacial score (nSPS) is 13.7. The largest absolute Gasteiger partial charge is 0.508 e. The second-order valence-corrected chi connectivity index (χ2v) is 7.00. The zero-order valence-corrected chi connectivity index (χ0v) is 16.4. The molecule has 2 aromatic carbocycles. The van der Waals surface area contributed by atoms with E-state index in [4.69, 9.17) is 14.5 Å². The first kappa shape index (κ1) is 19.0. The number of ether oxygens (including phenoxy) is 2. The number of aromatic amines is 1. The van der Waals surface area contributed by atoms with Gasteiger partial charge < -0.3 is 19.6 Å². The van der Waals surface area contributed by atoms with Gasteiger partial charge in [-0.1, -0.05) is 30.3 Å². The van der Waals surface area contributed by atoms with Crippen LogP contribution in [0, 0.1) is 0 Å². The van der Waals surface area contributed by atoms with E-state index >= 15 is 0 Å². The molecule has 0 unspecified atom stereocenters. The number of hydrogen-bond acceptors (Lipinski definition) is 6. The Kier molecular flexibility index (Phi) is 5.22. The van der Waals surface area contributed by atoms with E-state index in [9.17, 15) is 9.90 Å². The molecule has 2 N–H and O–H groups in total. The molecule has 0 aliphatic carbocycles. The summed E-state index contributed by atoms with van der Waals surface area (Å²) in [5, 5.41) is 9.85. The molecule has 1 aliphatic rings. The van der Waals surface area contributed by atoms with E-state index in [0.29, 0.717) is 42.4 Å². The number of nitrogens with one attached hydrogen (secondary N) is 1. The molecule has 2 heterocycles. The van der Waals surface area contributed by atoms with Crippen molar-refractivity contribution in [1.82, 2.24) is 14.9 Å². The number of aromatic hydroxyl groups is 1. The van der Waals surface area contributed by atoms with Gasteiger partial charge in [-0.05, 0) is 0 Å². The predicted molar refractivity (Wildman–Crippen MR) is 109 cm³/mol. The quantitative estimate of drug-likeness (QED) is 0.693. The first-order chi connectivity index (χ1) is 14.1. The lowest BCUT2D eigenvalue weighted by Gasteiger charge is -2.28.